The second-order valence-electron chi connectivity index (χ2n) is 4.62. The number of aromatic nitrogens is 2. The van der Waals surface area contributed by atoms with Gasteiger partial charge in [-0.2, -0.15) is 0 Å². The molecule has 0 aliphatic carbocycles. The Bertz CT molecular complexity index is 595. The number of nitrogens with zero attached hydrogens (tertiary/aromatic N) is 3. The van der Waals surface area contributed by atoms with Gasteiger partial charge in [0.1, 0.15) is 11.6 Å². The first-order valence-electron chi connectivity index (χ1n) is 6.51. The maximum atomic E-state index is 5.70. The standard InChI is InChI=1S/C14H17N3O2/c1-10-15-13-6-5-11(18-2)9-12(13)14(16-10)17-7-3-4-8-19-17/h5-6,9H,3-4,7-8H2,1-2H3. The van der Waals surface area contributed by atoms with Crippen LogP contribution in [0.2, 0.25) is 0 Å². The van der Waals surface area contributed by atoms with Crippen molar-refractivity contribution >= 4 is 16.7 Å². The van der Waals surface area contributed by atoms with Crippen LogP contribution in [0.1, 0.15) is 18.7 Å². The van der Waals surface area contributed by atoms with Gasteiger partial charge in [-0.25, -0.2) is 15.0 Å². The average molecular weight is 259 g/mol. The van der Waals surface area contributed by atoms with Gasteiger partial charge in [0.25, 0.3) is 0 Å². The Kier molecular flexibility index (Phi) is 3.21. The lowest BCUT2D eigenvalue weighted by Crippen LogP contribution is -2.31. The van der Waals surface area contributed by atoms with Crippen LogP contribution >= 0.6 is 0 Å². The van der Waals surface area contributed by atoms with Crippen molar-refractivity contribution in [3.63, 3.8) is 0 Å². The molecule has 5 nitrogen and oxygen atoms in total. The SMILES string of the molecule is COc1ccc2nc(C)nc(N3CCCCO3)c2c1. The van der Waals surface area contributed by atoms with Crippen LogP contribution in [0.25, 0.3) is 10.9 Å². The number of fused-ring (bicyclic) bond motifs is 1. The maximum Gasteiger partial charge on any atom is 0.164 e. The topological polar surface area (TPSA) is 47.5 Å². The van der Waals surface area contributed by atoms with E-state index in [-0.39, 0.29) is 0 Å². The zero-order valence-electron chi connectivity index (χ0n) is 11.2. The second kappa shape index (κ2) is 5.01. The van der Waals surface area contributed by atoms with Crippen molar-refractivity contribution in [2.45, 2.75) is 19.8 Å². The number of hydrogen-bond acceptors (Lipinski definition) is 5. The van der Waals surface area contributed by atoms with Crippen LogP contribution in [0.5, 0.6) is 5.75 Å². The van der Waals surface area contributed by atoms with Crippen molar-refractivity contribution in [2.24, 2.45) is 0 Å². The molecule has 19 heavy (non-hydrogen) atoms. The van der Waals surface area contributed by atoms with E-state index in [1.54, 1.807) is 7.11 Å². The molecule has 0 N–H and O–H groups in total. The van der Waals surface area contributed by atoms with E-state index in [9.17, 15) is 0 Å². The van der Waals surface area contributed by atoms with Gasteiger partial charge in [0, 0.05) is 11.9 Å². The number of hydrogen-bond donors (Lipinski definition) is 0. The van der Waals surface area contributed by atoms with E-state index in [4.69, 9.17) is 9.57 Å². The first-order valence-corrected chi connectivity index (χ1v) is 6.51. The molecule has 2 heterocycles. The molecule has 100 valence electrons. The number of benzene rings is 1. The van der Waals surface area contributed by atoms with Gasteiger partial charge in [0.2, 0.25) is 0 Å². The summed E-state index contributed by atoms with van der Waals surface area (Å²) in [7, 11) is 1.66. The molecule has 1 aliphatic heterocycles. The molecular formula is C14H17N3O2. The van der Waals surface area contributed by atoms with Crippen molar-refractivity contribution in [1.29, 1.82) is 0 Å². The average Bonchev–Trinajstić information content (AvgIpc) is 2.47. The van der Waals surface area contributed by atoms with Crippen molar-refractivity contribution in [2.75, 3.05) is 25.3 Å². The van der Waals surface area contributed by atoms with E-state index >= 15 is 0 Å². The van der Waals surface area contributed by atoms with Crippen molar-refractivity contribution in [1.82, 2.24) is 9.97 Å². The van der Waals surface area contributed by atoms with Gasteiger partial charge in [-0.15, -0.1) is 0 Å². The number of methoxy groups -OCH3 is 1. The second-order valence-corrected chi connectivity index (χ2v) is 4.62. The van der Waals surface area contributed by atoms with E-state index in [1.807, 2.05) is 30.2 Å². The van der Waals surface area contributed by atoms with E-state index < -0.39 is 0 Å². The molecule has 2 aromatic rings. The molecule has 0 unspecified atom stereocenters. The van der Waals surface area contributed by atoms with Gasteiger partial charge in [0.05, 0.1) is 19.2 Å². The highest BCUT2D eigenvalue weighted by atomic mass is 16.7. The molecule has 1 aliphatic rings. The number of hydroxylamine groups is 1. The Morgan fingerprint density at radius 1 is 1.26 bits per heavy atom. The Morgan fingerprint density at radius 2 is 2.16 bits per heavy atom. The molecule has 1 saturated heterocycles. The Morgan fingerprint density at radius 3 is 2.89 bits per heavy atom. The summed E-state index contributed by atoms with van der Waals surface area (Å²) in [5, 5.41) is 2.84. The van der Waals surface area contributed by atoms with E-state index in [2.05, 4.69) is 9.97 Å². The van der Waals surface area contributed by atoms with Gasteiger partial charge < -0.3 is 4.74 Å². The van der Waals surface area contributed by atoms with Crippen LogP contribution in [-0.4, -0.2) is 30.2 Å². The van der Waals surface area contributed by atoms with Crippen LogP contribution in [0, 0.1) is 6.92 Å². The molecule has 1 aromatic heterocycles. The Labute approximate surface area is 112 Å². The zero-order chi connectivity index (χ0) is 13.2. The summed E-state index contributed by atoms with van der Waals surface area (Å²) < 4.78 is 5.28. The third kappa shape index (κ3) is 2.33. The largest absolute Gasteiger partial charge is 0.497 e. The fraction of sp³-hybridized carbons (Fsp3) is 0.429. The summed E-state index contributed by atoms with van der Waals surface area (Å²) in [6, 6.07) is 5.83. The van der Waals surface area contributed by atoms with Crippen molar-refractivity contribution in [3.05, 3.63) is 24.0 Å². The molecule has 0 spiro atoms. The molecule has 3 rings (SSSR count). The number of anilines is 1. The molecule has 0 saturated carbocycles. The smallest absolute Gasteiger partial charge is 0.164 e. The summed E-state index contributed by atoms with van der Waals surface area (Å²) in [4.78, 5) is 14.7. The fourth-order valence-electron chi connectivity index (χ4n) is 2.29. The van der Waals surface area contributed by atoms with Gasteiger partial charge in [0.15, 0.2) is 5.82 Å². The molecule has 0 radical (unpaired) electrons. The highest BCUT2D eigenvalue weighted by Gasteiger charge is 2.17. The fourth-order valence-corrected chi connectivity index (χ4v) is 2.29. The minimum absolute atomic E-state index is 0.745. The predicted molar refractivity (Wildman–Crippen MR) is 73.4 cm³/mol. The lowest BCUT2D eigenvalue weighted by Gasteiger charge is -2.27. The molecule has 5 heteroatoms. The maximum absolute atomic E-state index is 5.70. The quantitative estimate of drug-likeness (QED) is 0.829. The normalized spacial score (nSPS) is 15.8. The highest BCUT2D eigenvalue weighted by Crippen LogP contribution is 2.29. The summed E-state index contributed by atoms with van der Waals surface area (Å²) >= 11 is 0. The van der Waals surface area contributed by atoms with Gasteiger partial charge in [-0.05, 0) is 38.0 Å². The molecule has 0 amide bonds. The highest BCUT2D eigenvalue weighted by molar-refractivity contribution is 5.90. The molecule has 0 bridgehead atoms. The van der Waals surface area contributed by atoms with Crippen LogP contribution in [0.15, 0.2) is 18.2 Å². The van der Waals surface area contributed by atoms with Gasteiger partial charge in [-0.1, -0.05) is 0 Å². The third-order valence-corrected chi connectivity index (χ3v) is 3.23. The summed E-state index contributed by atoms with van der Waals surface area (Å²) in [6.45, 7) is 3.51. The van der Waals surface area contributed by atoms with E-state index in [1.165, 1.54) is 0 Å². The Hall–Kier alpha value is -1.88. The van der Waals surface area contributed by atoms with E-state index in [0.717, 1.165) is 54.3 Å². The van der Waals surface area contributed by atoms with Crippen molar-refractivity contribution < 1.29 is 9.57 Å². The number of rotatable bonds is 2. The van der Waals surface area contributed by atoms with Gasteiger partial charge >= 0.3 is 0 Å². The van der Waals surface area contributed by atoms with Crippen LogP contribution in [0.4, 0.5) is 5.82 Å². The molecule has 1 fully saturated rings. The minimum atomic E-state index is 0.745. The molecule has 1 aromatic carbocycles. The monoisotopic (exact) mass is 259 g/mol. The van der Waals surface area contributed by atoms with Crippen LogP contribution in [-0.2, 0) is 4.84 Å². The summed E-state index contributed by atoms with van der Waals surface area (Å²) in [6.07, 6.45) is 2.22. The molecule has 0 atom stereocenters. The minimum Gasteiger partial charge on any atom is -0.497 e. The third-order valence-electron chi connectivity index (χ3n) is 3.23. The number of aryl methyl sites for hydroxylation is 1. The summed E-state index contributed by atoms with van der Waals surface area (Å²) in [5.74, 6) is 2.39. The molecular weight excluding hydrogens is 242 g/mol. The van der Waals surface area contributed by atoms with Crippen LogP contribution in [0.3, 0.4) is 0 Å². The van der Waals surface area contributed by atoms with Crippen molar-refractivity contribution in [3.8, 4) is 5.75 Å². The predicted octanol–water partition coefficient (Wildman–Crippen LogP) is 2.48. The van der Waals surface area contributed by atoms with Gasteiger partial charge in [-0.3, -0.25) is 4.84 Å². The summed E-state index contributed by atoms with van der Waals surface area (Å²) in [5.41, 5.74) is 0.914. The zero-order valence-corrected chi connectivity index (χ0v) is 11.2. The van der Waals surface area contributed by atoms with E-state index in [0.29, 0.717) is 0 Å². The first-order chi connectivity index (χ1) is 9.28. The number of ether oxygens (including phenoxy) is 1. The lowest BCUT2D eigenvalue weighted by molar-refractivity contribution is 0.0766. The Balaban J connectivity index is 2.14. The first kappa shape index (κ1) is 12.2. The van der Waals surface area contributed by atoms with Crippen LogP contribution < -0.4 is 9.80 Å². The lowest BCUT2D eigenvalue weighted by atomic mass is 10.2.